The van der Waals surface area contributed by atoms with E-state index in [1.165, 1.54) is 0 Å². The van der Waals surface area contributed by atoms with Gasteiger partial charge in [-0.25, -0.2) is 0 Å². The van der Waals surface area contributed by atoms with Crippen molar-refractivity contribution in [3.8, 4) is 0 Å². The maximum atomic E-state index is 8.60. The molecule has 0 aliphatic heterocycles. The molecule has 8 heavy (non-hydrogen) atoms. The highest BCUT2D eigenvalue weighted by atomic mass is 16.3. The molecule has 0 fully saturated rings. The Hall–Kier alpha value is -0.340. The predicted molar refractivity (Wildman–Crippen MR) is 32.5 cm³/mol. The molecule has 0 bridgehead atoms. The van der Waals surface area contributed by atoms with Gasteiger partial charge in [-0.3, -0.25) is 0 Å². The molecule has 0 saturated carbocycles. The van der Waals surface area contributed by atoms with Crippen molar-refractivity contribution in [1.29, 1.82) is 0 Å². The molecule has 2 unspecified atom stereocenters. The Kier molecular flexibility index (Phi) is 3.48. The van der Waals surface area contributed by atoms with Crippen LogP contribution in [0.4, 0.5) is 0 Å². The Balaban J connectivity index is 3.34. The fraction of sp³-hybridized carbons (Fsp3) is 0.667. The average Bonchev–Trinajstić information content (AvgIpc) is 1.61. The van der Waals surface area contributed by atoms with Crippen LogP contribution < -0.4 is 0 Å². The SMILES string of the molecule is CC(O)/C=C\C(C)O. The van der Waals surface area contributed by atoms with Gasteiger partial charge in [0.15, 0.2) is 0 Å². The lowest BCUT2D eigenvalue weighted by atomic mass is 10.3. The zero-order chi connectivity index (χ0) is 6.57. The summed E-state index contributed by atoms with van der Waals surface area (Å²) in [5, 5.41) is 17.2. The van der Waals surface area contributed by atoms with Crippen LogP contribution >= 0.6 is 0 Å². The second-order valence-electron chi connectivity index (χ2n) is 1.87. The van der Waals surface area contributed by atoms with Crippen molar-refractivity contribution in [3.05, 3.63) is 12.2 Å². The van der Waals surface area contributed by atoms with Gasteiger partial charge in [0, 0.05) is 0 Å². The molecule has 0 aliphatic carbocycles. The van der Waals surface area contributed by atoms with Crippen LogP contribution in [0.1, 0.15) is 13.8 Å². The fourth-order valence-corrected chi connectivity index (χ4v) is 0.322. The summed E-state index contributed by atoms with van der Waals surface area (Å²) in [6.07, 6.45) is 2.18. The Morgan fingerprint density at radius 2 is 1.25 bits per heavy atom. The standard InChI is InChI=1S/C6H12O2/c1-5(7)3-4-6(2)8/h3-8H,1-2H3/b4-3-. The zero-order valence-electron chi connectivity index (χ0n) is 5.20. The van der Waals surface area contributed by atoms with E-state index in [2.05, 4.69) is 0 Å². The van der Waals surface area contributed by atoms with Crippen molar-refractivity contribution < 1.29 is 10.2 Å². The van der Waals surface area contributed by atoms with Crippen LogP contribution in [-0.2, 0) is 0 Å². The van der Waals surface area contributed by atoms with Gasteiger partial charge in [0.05, 0.1) is 12.2 Å². The molecular formula is C6H12O2. The normalized spacial score (nSPS) is 19.0. The summed E-state index contributed by atoms with van der Waals surface area (Å²) in [6, 6.07) is 0. The van der Waals surface area contributed by atoms with Crippen LogP contribution in [0.25, 0.3) is 0 Å². The van der Waals surface area contributed by atoms with E-state index in [0.717, 1.165) is 0 Å². The third kappa shape index (κ3) is 5.66. The molecular weight excluding hydrogens is 104 g/mol. The molecule has 0 spiro atoms. The van der Waals surface area contributed by atoms with Gasteiger partial charge in [-0.15, -0.1) is 0 Å². The van der Waals surface area contributed by atoms with E-state index in [1.807, 2.05) is 0 Å². The molecule has 0 rings (SSSR count). The van der Waals surface area contributed by atoms with Gasteiger partial charge in [0.2, 0.25) is 0 Å². The minimum absolute atomic E-state index is 0.454. The summed E-state index contributed by atoms with van der Waals surface area (Å²) in [7, 11) is 0. The minimum Gasteiger partial charge on any atom is -0.389 e. The van der Waals surface area contributed by atoms with Crippen molar-refractivity contribution in [2.24, 2.45) is 0 Å². The molecule has 0 amide bonds. The lowest BCUT2D eigenvalue weighted by Crippen LogP contribution is -1.97. The van der Waals surface area contributed by atoms with Gasteiger partial charge < -0.3 is 10.2 Å². The first-order valence-electron chi connectivity index (χ1n) is 2.67. The molecule has 0 saturated heterocycles. The van der Waals surface area contributed by atoms with E-state index in [4.69, 9.17) is 10.2 Å². The van der Waals surface area contributed by atoms with Gasteiger partial charge in [-0.2, -0.15) is 0 Å². The summed E-state index contributed by atoms with van der Waals surface area (Å²) >= 11 is 0. The molecule has 0 aromatic rings. The molecule has 0 aromatic carbocycles. The first-order chi connectivity index (χ1) is 3.63. The van der Waals surface area contributed by atoms with Crippen molar-refractivity contribution >= 4 is 0 Å². The number of rotatable bonds is 2. The number of aliphatic hydroxyl groups excluding tert-OH is 2. The quantitative estimate of drug-likeness (QED) is 0.509. The van der Waals surface area contributed by atoms with E-state index in [1.54, 1.807) is 26.0 Å². The monoisotopic (exact) mass is 116 g/mol. The third-order valence-electron chi connectivity index (χ3n) is 0.668. The number of aliphatic hydroxyl groups is 2. The fourth-order valence-electron chi connectivity index (χ4n) is 0.322. The zero-order valence-corrected chi connectivity index (χ0v) is 5.20. The topological polar surface area (TPSA) is 40.5 Å². The number of hydrogen-bond donors (Lipinski definition) is 2. The second kappa shape index (κ2) is 3.64. The van der Waals surface area contributed by atoms with E-state index < -0.39 is 12.2 Å². The molecule has 2 N–H and O–H groups in total. The van der Waals surface area contributed by atoms with Crippen molar-refractivity contribution in [3.63, 3.8) is 0 Å². The molecule has 0 heterocycles. The van der Waals surface area contributed by atoms with Crippen LogP contribution in [0, 0.1) is 0 Å². The van der Waals surface area contributed by atoms with Crippen LogP contribution in [0.5, 0.6) is 0 Å². The van der Waals surface area contributed by atoms with E-state index in [-0.39, 0.29) is 0 Å². The van der Waals surface area contributed by atoms with Gasteiger partial charge in [0.1, 0.15) is 0 Å². The lowest BCUT2D eigenvalue weighted by Gasteiger charge is -1.94. The summed E-state index contributed by atoms with van der Waals surface area (Å²) < 4.78 is 0. The average molecular weight is 116 g/mol. The van der Waals surface area contributed by atoms with Gasteiger partial charge >= 0.3 is 0 Å². The minimum atomic E-state index is -0.454. The van der Waals surface area contributed by atoms with Crippen LogP contribution in [-0.4, -0.2) is 22.4 Å². The highest BCUT2D eigenvalue weighted by Gasteiger charge is 1.87. The first-order valence-corrected chi connectivity index (χ1v) is 2.67. The van der Waals surface area contributed by atoms with Crippen LogP contribution in [0.3, 0.4) is 0 Å². The van der Waals surface area contributed by atoms with Gasteiger partial charge in [0.25, 0.3) is 0 Å². The highest BCUT2D eigenvalue weighted by molar-refractivity contribution is 4.89. The largest absolute Gasteiger partial charge is 0.389 e. The Morgan fingerprint density at radius 1 is 1.00 bits per heavy atom. The Labute approximate surface area is 49.5 Å². The lowest BCUT2D eigenvalue weighted by molar-refractivity contribution is 0.228. The summed E-state index contributed by atoms with van der Waals surface area (Å²) in [5.41, 5.74) is 0. The van der Waals surface area contributed by atoms with Gasteiger partial charge in [-0.1, -0.05) is 12.2 Å². The molecule has 0 radical (unpaired) electrons. The smallest absolute Gasteiger partial charge is 0.0693 e. The van der Waals surface area contributed by atoms with E-state index >= 15 is 0 Å². The van der Waals surface area contributed by atoms with Crippen molar-refractivity contribution in [1.82, 2.24) is 0 Å². The first kappa shape index (κ1) is 7.66. The van der Waals surface area contributed by atoms with Crippen molar-refractivity contribution in [2.45, 2.75) is 26.1 Å². The summed E-state index contributed by atoms with van der Waals surface area (Å²) in [5.74, 6) is 0. The molecule has 2 atom stereocenters. The molecule has 0 aromatic heterocycles. The molecule has 2 heteroatoms. The maximum Gasteiger partial charge on any atom is 0.0693 e. The summed E-state index contributed by atoms with van der Waals surface area (Å²) in [6.45, 7) is 3.28. The van der Waals surface area contributed by atoms with Crippen LogP contribution in [0.15, 0.2) is 12.2 Å². The third-order valence-corrected chi connectivity index (χ3v) is 0.668. The second-order valence-corrected chi connectivity index (χ2v) is 1.87. The maximum absolute atomic E-state index is 8.60. The Morgan fingerprint density at radius 3 is 1.38 bits per heavy atom. The molecule has 2 nitrogen and oxygen atoms in total. The highest BCUT2D eigenvalue weighted by Crippen LogP contribution is 1.86. The van der Waals surface area contributed by atoms with Crippen LogP contribution in [0.2, 0.25) is 0 Å². The van der Waals surface area contributed by atoms with E-state index in [9.17, 15) is 0 Å². The molecule has 48 valence electrons. The predicted octanol–water partition coefficient (Wildman–Crippen LogP) is 0.304. The Bertz CT molecular complexity index is 64.6. The number of hydrogen-bond acceptors (Lipinski definition) is 2. The van der Waals surface area contributed by atoms with Crippen molar-refractivity contribution in [2.75, 3.05) is 0 Å². The van der Waals surface area contributed by atoms with E-state index in [0.29, 0.717) is 0 Å². The molecule has 0 aliphatic rings. The summed E-state index contributed by atoms with van der Waals surface area (Å²) in [4.78, 5) is 0. The van der Waals surface area contributed by atoms with Gasteiger partial charge in [-0.05, 0) is 13.8 Å².